The molecule has 0 unspecified atom stereocenters. The van der Waals surface area contributed by atoms with Gasteiger partial charge >= 0.3 is 6.03 Å². The number of carbonyl (C=O) groups excluding carboxylic acids is 1. The summed E-state index contributed by atoms with van der Waals surface area (Å²) in [5, 5.41) is 8.97. The lowest BCUT2D eigenvalue weighted by molar-refractivity contribution is 0.0374. The molecular formula is C33H36FN7O3. The number of imidazole rings is 1. The van der Waals surface area contributed by atoms with Gasteiger partial charge in [-0.1, -0.05) is 32.0 Å². The molecule has 6 rings (SSSR count). The summed E-state index contributed by atoms with van der Waals surface area (Å²) in [7, 11) is 0. The van der Waals surface area contributed by atoms with Gasteiger partial charge in [0.1, 0.15) is 17.2 Å². The maximum absolute atomic E-state index is 15.1. The van der Waals surface area contributed by atoms with E-state index in [4.69, 9.17) is 9.26 Å². The van der Waals surface area contributed by atoms with Gasteiger partial charge in [0, 0.05) is 48.2 Å². The molecule has 5 aromatic rings. The number of morpholine rings is 1. The standard InChI is InChI=1S/C33H36FN7O3/c1-33(2,3)29-20-30(39-44-29)38-32(42)37-27-7-6-24(18-26(27)34)28-21-36-31-19-23(9-12-41(28)31)22-8-10-35-25(17-22)5-4-11-40-13-15-43-16-14-40/h6-10,12,17-21H,4-5,11,13-16H2,1-3H3,(H2,37,38,39,42). The van der Waals surface area contributed by atoms with Gasteiger partial charge in [-0.2, -0.15) is 0 Å². The number of rotatable bonds is 8. The summed E-state index contributed by atoms with van der Waals surface area (Å²) in [6.45, 7) is 10.6. The van der Waals surface area contributed by atoms with E-state index in [1.165, 1.54) is 12.1 Å². The van der Waals surface area contributed by atoms with E-state index in [0.717, 1.165) is 73.9 Å². The number of nitrogens with one attached hydrogen (secondary N) is 2. The molecule has 228 valence electrons. The van der Waals surface area contributed by atoms with Gasteiger partial charge < -0.3 is 14.6 Å². The maximum Gasteiger partial charge on any atom is 0.325 e. The third-order valence-electron chi connectivity index (χ3n) is 7.68. The highest BCUT2D eigenvalue weighted by Gasteiger charge is 2.21. The number of benzene rings is 1. The van der Waals surface area contributed by atoms with E-state index in [2.05, 4.69) is 36.7 Å². The summed E-state index contributed by atoms with van der Waals surface area (Å²) in [5.41, 5.74) is 5.07. The highest BCUT2D eigenvalue weighted by molar-refractivity contribution is 5.99. The molecule has 0 saturated carbocycles. The van der Waals surface area contributed by atoms with Gasteiger partial charge in [-0.05, 0) is 66.9 Å². The Bertz CT molecular complexity index is 1770. The van der Waals surface area contributed by atoms with Crippen molar-refractivity contribution in [3.05, 3.63) is 84.4 Å². The zero-order chi connectivity index (χ0) is 30.7. The van der Waals surface area contributed by atoms with Crippen molar-refractivity contribution in [2.24, 2.45) is 0 Å². The molecule has 11 heteroatoms. The Hall–Kier alpha value is -4.61. The van der Waals surface area contributed by atoms with E-state index in [9.17, 15) is 4.79 Å². The van der Waals surface area contributed by atoms with Crippen molar-refractivity contribution in [2.45, 2.75) is 39.0 Å². The summed E-state index contributed by atoms with van der Waals surface area (Å²) in [6, 6.07) is 13.9. The number of amides is 2. The molecule has 0 aliphatic carbocycles. The Kier molecular flexibility index (Phi) is 8.40. The molecule has 1 aromatic carbocycles. The van der Waals surface area contributed by atoms with Crippen molar-refractivity contribution in [2.75, 3.05) is 43.5 Å². The van der Waals surface area contributed by atoms with E-state index < -0.39 is 11.8 Å². The first-order valence-electron chi connectivity index (χ1n) is 14.8. The summed E-state index contributed by atoms with van der Waals surface area (Å²) in [6.07, 6.45) is 7.47. The van der Waals surface area contributed by atoms with E-state index in [1.54, 1.807) is 18.3 Å². The Morgan fingerprint density at radius 1 is 0.977 bits per heavy atom. The molecule has 5 heterocycles. The lowest BCUT2D eigenvalue weighted by Crippen LogP contribution is -2.36. The molecule has 4 aromatic heterocycles. The molecule has 1 fully saturated rings. The number of nitrogens with zero attached hydrogens (tertiary/aromatic N) is 5. The average molecular weight is 598 g/mol. The monoisotopic (exact) mass is 597 g/mol. The average Bonchev–Trinajstić information content (AvgIpc) is 3.66. The first-order chi connectivity index (χ1) is 21.2. The Labute approximate surface area is 255 Å². The molecule has 0 spiro atoms. The zero-order valence-corrected chi connectivity index (χ0v) is 25.1. The van der Waals surface area contributed by atoms with Crippen molar-refractivity contribution in [1.29, 1.82) is 0 Å². The summed E-state index contributed by atoms with van der Waals surface area (Å²) in [4.78, 5) is 24.1. The van der Waals surface area contributed by atoms with Crippen LogP contribution < -0.4 is 10.6 Å². The largest absolute Gasteiger partial charge is 0.379 e. The second kappa shape index (κ2) is 12.6. The number of urea groups is 1. The van der Waals surface area contributed by atoms with Crippen LogP contribution in [0, 0.1) is 5.82 Å². The van der Waals surface area contributed by atoms with Crippen LogP contribution in [0.1, 0.15) is 38.6 Å². The smallest absolute Gasteiger partial charge is 0.325 e. The number of anilines is 2. The molecule has 2 N–H and O–H groups in total. The van der Waals surface area contributed by atoms with Crippen LogP contribution in [0.4, 0.5) is 20.7 Å². The van der Waals surface area contributed by atoms with Gasteiger partial charge in [0.05, 0.1) is 30.8 Å². The van der Waals surface area contributed by atoms with Crippen LogP contribution in [-0.2, 0) is 16.6 Å². The third kappa shape index (κ3) is 6.79. The number of hydrogen-bond acceptors (Lipinski definition) is 7. The number of ether oxygens (including phenoxy) is 1. The minimum absolute atomic E-state index is 0.0420. The van der Waals surface area contributed by atoms with Crippen molar-refractivity contribution in [3.8, 4) is 22.4 Å². The maximum atomic E-state index is 15.1. The van der Waals surface area contributed by atoms with Crippen LogP contribution in [0.5, 0.6) is 0 Å². The number of carbonyl (C=O) groups is 1. The van der Waals surface area contributed by atoms with Gasteiger partial charge in [-0.25, -0.2) is 14.2 Å². The Morgan fingerprint density at radius 3 is 2.57 bits per heavy atom. The second-order valence-corrected chi connectivity index (χ2v) is 12.0. The summed E-state index contributed by atoms with van der Waals surface area (Å²) >= 11 is 0. The molecule has 44 heavy (non-hydrogen) atoms. The van der Waals surface area contributed by atoms with Gasteiger partial charge in [-0.15, -0.1) is 0 Å². The van der Waals surface area contributed by atoms with Crippen molar-refractivity contribution in [1.82, 2.24) is 24.4 Å². The molecule has 1 aliphatic rings. The molecule has 1 aliphatic heterocycles. The van der Waals surface area contributed by atoms with Crippen LogP contribution >= 0.6 is 0 Å². The molecule has 0 radical (unpaired) electrons. The quantitative estimate of drug-likeness (QED) is 0.213. The fourth-order valence-electron chi connectivity index (χ4n) is 5.21. The van der Waals surface area contributed by atoms with Crippen molar-refractivity contribution in [3.63, 3.8) is 0 Å². The summed E-state index contributed by atoms with van der Waals surface area (Å²) < 4.78 is 27.7. The number of hydrogen-bond donors (Lipinski definition) is 2. The van der Waals surface area contributed by atoms with Crippen LogP contribution in [0.3, 0.4) is 0 Å². The number of aromatic nitrogens is 4. The lowest BCUT2D eigenvalue weighted by Gasteiger charge is -2.26. The zero-order valence-electron chi connectivity index (χ0n) is 25.1. The fraction of sp³-hybridized carbons (Fsp3) is 0.333. The third-order valence-corrected chi connectivity index (χ3v) is 7.68. The predicted molar refractivity (Wildman–Crippen MR) is 167 cm³/mol. The van der Waals surface area contributed by atoms with E-state index >= 15 is 4.39 Å². The summed E-state index contributed by atoms with van der Waals surface area (Å²) in [5.74, 6) is 0.308. The van der Waals surface area contributed by atoms with E-state index in [-0.39, 0.29) is 16.9 Å². The Balaban J connectivity index is 1.12. The SMILES string of the molecule is CC(C)(C)c1cc(NC(=O)Nc2ccc(-c3cnc4cc(-c5ccnc(CCCN6CCOCC6)c5)ccn34)cc2F)no1. The Morgan fingerprint density at radius 2 is 1.80 bits per heavy atom. The van der Waals surface area contributed by atoms with Crippen LogP contribution in [0.2, 0.25) is 0 Å². The highest BCUT2D eigenvalue weighted by Crippen LogP contribution is 2.29. The van der Waals surface area contributed by atoms with Gasteiger partial charge in [0.15, 0.2) is 5.82 Å². The van der Waals surface area contributed by atoms with Crippen LogP contribution in [-0.4, -0.2) is 63.3 Å². The van der Waals surface area contributed by atoms with Crippen molar-refractivity contribution < 1.29 is 18.4 Å². The number of pyridine rings is 2. The van der Waals surface area contributed by atoms with Crippen LogP contribution in [0.25, 0.3) is 28.0 Å². The highest BCUT2D eigenvalue weighted by atomic mass is 19.1. The fourth-order valence-corrected chi connectivity index (χ4v) is 5.21. The molecule has 1 saturated heterocycles. The molecule has 0 atom stereocenters. The van der Waals surface area contributed by atoms with E-state index in [0.29, 0.717) is 11.3 Å². The lowest BCUT2D eigenvalue weighted by atomic mass is 9.93. The van der Waals surface area contributed by atoms with Gasteiger partial charge in [-0.3, -0.25) is 19.6 Å². The molecule has 2 amide bonds. The second-order valence-electron chi connectivity index (χ2n) is 12.0. The number of halogens is 1. The van der Waals surface area contributed by atoms with Crippen LogP contribution in [0.15, 0.2) is 71.6 Å². The van der Waals surface area contributed by atoms with Crippen molar-refractivity contribution >= 4 is 23.2 Å². The molecule has 0 bridgehead atoms. The predicted octanol–water partition coefficient (Wildman–Crippen LogP) is 6.40. The minimum atomic E-state index is -0.621. The number of fused-ring (bicyclic) bond motifs is 1. The first kappa shape index (κ1) is 29.5. The van der Waals surface area contributed by atoms with Gasteiger partial charge in [0.2, 0.25) is 0 Å². The minimum Gasteiger partial charge on any atom is -0.379 e. The van der Waals surface area contributed by atoms with Gasteiger partial charge in [0.25, 0.3) is 0 Å². The van der Waals surface area contributed by atoms with E-state index in [1.807, 2.05) is 55.8 Å². The molecular weight excluding hydrogens is 561 g/mol. The normalized spacial score (nSPS) is 14.2. The topological polar surface area (TPSA) is 110 Å². The number of aryl methyl sites for hydroxylation is 1. The molecule has 10 nitrogen and oxygen atoms in total. The first-order valence-corrected chi connectivity index (χ1v) is 14.8.